The van der Waals surface area contributed by atoms with Gasteiger partial charge in [-0.05, 0) is 18.2 Å². The van der Waals surface area contributed by atoms with Crippen molar-refractivity contribution < 1.29 is 27.9 Å². The van der Waals surface area contributed by atoms with Crippen LogP contribution in [0.2, 0.25) is 5.02 Å². The standard InChI is InChI=1S/C11H7ClF3NO3/c12-7-2-1-6(11(13,14)15)5-8(7)16-9(17)3-4-10(18)19/h1-5H,(H,16,17)(H,18,19). The fourth-order valence-corrected chi connectivity index (χ4v) is 1.28. The van der Waals surface area contributed by atoms with Gasteiger partial charge in [0.05, 0.1) is 16.3 Å². The molecule has 0 atom stereocenters. The summed E-state index contributed by atoms with van der Waals surface area (Å²) in [7, 11) is 0. The summed E-state index contributed by atoms with van der Waals surface area (Å²) >= 11 is 5.63. The van der Waals surface area contributed by atoms with E-state index < -0.39 is 23.6 Å². The lowest BCUT2D eigenvalue weighted by Crippen LogP contribution is -2.11. The third kappa shape index (κ3) is 4.63. The molecule has 0 unspecified atom stereocenters. The second-order valence-corrected chi connectivity index (χ2v) is 3.76. The van der Waals surface area contributed by atoms with Crippen LogP contribution in [0, 0.1) is 0 Å². The van der Waals surface area contributed by atoms with E-state index in [-0.39, 0.29) is 10.7 Å². The predicted octanol–water partition coefficient (Wildman–Crippen LogP) is 2.94. The molecule has 102 valence electrons. The predicted molar refractivity (Wildman–Crippen MR) is 61.9 cm³/mol. The second-order valence-electron chi connectivity index (χ2n) is 3.35. The molecule has 8 heteroatoms. The molecule has 0 aliphatic carbocycles. The number of carboxylic acids is 1. The molecule has 1 amide bonds. The van der Waals surface area contributed by atoms with E-state index in [2.05, 4.69) is 5.32 Å². The lowest BCUT2D eigenvalue weighted by Gasteiger charge is -2.10. The van der Waals surface area contributed by atoms with Crippen LogP contribution < -0.4 is 5.32 Å². The average Bonchev–Trinajstić information content (AvgIpc) is 2.28. The van der Waals surface area contributed by atoms with Gasteiger partial charge in [-0.15, -0.1) is 0 Å². The normalized spacial score (nSPS) is 11.6. The van der Waals surface area contributed by atoms with Crippen LogP contribution in [-0.2, 0) is 15.8 Å². The summed E-state index contributed by atoms with van der Waals surface area (Å²) in [6.07, 6.45) is -3.35. The van der Waals surface area contributed by atoms with Crippen LogP contribution in [-0.4, -0.2) is 17.0 Å². The SMILES string of the molecule is O=C(O)C=CC(=O)Nc1cc(C(F)(F)F)ccc1Cl. The van der Waals surface area contributed by atoms with E-state index in [1.54, 1.807) is 0 Å². The fourth-order valence-electron chi connectivity index (χ4n) is 1.12. The van der Waals surface area contributed by atoms with Crippen molar-refractivity contribution >= 4 is 29.2 Å². The zero-order valence-electron chi connectivity index (χ0n) is 9.16. The minimum atomic E-state index is -4.57. The van der Waals surface area contributed by atoms with Gasteiger partial charge in [-0.2, -0.15) is 13.2 Å². The molecule has 0 saturated heterocycles. The second kappa shape index (κ2) is 5.75. The Balaban J connectivity index is 2.95. The van der Waals surface area contributed by atoms with E-state index in [0.29, 0.717) is 18.2 Å². The van der Waals surface area contributed by atoms with Crippen LogP contribution in [0.3, 0.4) is 0 Å². The number of amides is 1. The number of carboxylic acid groups (broad SMARTS) is 1. The number of rotatable bonds is 3. The number of carbonyl (C=O) groups is 2. The Morgan fingerprint density at radius 1 is 1.26 bits per heavy atom. The molecular formula is C11H7ClF3NO3. The molecule has 0 fully saturated rings. The van der Waals surface area contributed by atoms with Crippen molar-refractivity contribution in [2.75, 3.05) is 5.32 Å². The Hall–Kier alpha value is -2.02. The zero-order valence-corrected chi connectivity index (χ0v) is 9.92. The first-order chi connectivity index (χ1) is 8.70. The van der Waals surface area contributed by atoms with Crippen molar-refractivity contribution in [3.8, 4) is 0 Å². The van der Waals surface area contributed by atoms with Crippen molar-refractivity contribution in [1.82, 2.24) is 0 Å². The topological polar surface area (TPSA) is 66.4 Å². The van der Waals surface area contributed by atoms with Crippen LogP contribution in [0.25, 0.3) is 0 Å². The highest BCUT2D eigenvalue weighted by molar-refractivity contribution is 6.33. The number of halogens is 4. The highest BCUT2D eigenvalue weighted by Crippen LogP contribution is 2.33. The minimum absolute atomic E-state index is 0.0925. The molecule has 1 rings (SSSR count). The van der Waals surface area contributed by atoms with Gasteiger partial charge in [-0.3, -0.25) is 4.79 Å². The molecule has 0 aromatic heterocycles. The summed E-state index contributed by atoms with van der Waals surface area (Å²) in [6, 6.07) is 2.42. The number of alkyl halides is 3. The molecule has 19 heavy (non-hydrogen) atoms. The number of hydrogen-bond acceptors (Lipinski definition) is 2. The summed E-state index contributed by atoms with van der Waals surface area (Å²) in [4.78, 5) is 21.4. The van der Waals surface area contributed by atoms with Crippen molar-refractivity contribution in [3.63, 3.8) is 0 Å². The molecule has 0 aliphatic rings. The lowest BCUT2D eigenvalue weighted by molar-refractivity contribution is -0.137. The summed E-state index contributed by atoms with van der Waals surface area (Å²) in [6.45, 7) is 0. The van der Waals surface area contributed by atoms with Gasteiger partial charge in [0.2, 0.25) is 5.91 Å². The van der Waals surface area contributed by atoms with Crippen molar-refractivity contribution in [2.45, 2.75) is 6.18 Å². The molecule has 0 heterocycles. The third-order valence-corrected chi connectivity index (χ3v) is 2.26. The van der Waals surface area contributed by atoms with Crippen LogP contribution in [0.4, 0.5) is 18.9 Å². The number of anilines is 1. The van der Waals surface area contributed by atoms with E-state index in [0.717, 1.165) is 12.1 Å². The highest BCUT2D eigenvalue weighted by atomic mass is 35.5. The quantitative estimate of drug-likeness (QED) is 0.842. The van der Waals surface area contributed by atoms with Gasteiger partial charge < -0.3 is 10.4 Å². The van der Waals surface area contributed by atoms with Crippen LogP contribution in [0.15, 0.2) is 30.4 Å². The molecule has 2 N–H and O–H groups in total. The van der Waals surface area contributed by atoms with E-state index >= 15 is 0 Å². The van der Waals surface area contributed by atoms with Crippen molar-refractivity contribution in [1.29, 1.82) is 0 Å². The Labute approximate surface area is 110 Å². The Bertz CT molecular complexity index is 540. The van der Waals surface area contributed by atoms with Crippen LogP contribution in [0.5, 0.6) is 0 Å². The average molecular weight is 294 g/mol. The summed E-state index contributed by atoms with van der Waals surface area (Å²) in [5.41, 5.74) is -1.23. The number of benzene rings is 1. The first kappa shape index (κ1) is 15.0. The Morgan fingerprint density at radius 2 is 1.89 bits per heavy atom. The highest BCUT2D eigenvalue weighted by Gasteiger charge is 2.31. The van der Waals surface area contributed by atoms with Gasteiger partial charge >= 0.3 is 12.1 Å². The summed E-state index contributed by atoms with van der Waals surface area (Å²) < 4.78 is 37.3. The number of hydrogen-bond donors (Lipinski definition) is 2. The lowest BCUT2D eigenvalue weighted by atomic mass is 10.2. The maximum Gasteiger partial charge on any atom is 0.416 e. The molecule has 0 bridgehead atoms. The molecule has 4 nitrogen and oxygen atoms in total. The van der Waals surface area contributed by atoms with E-state index in [4.69, 9.17) is 16.7 Å². The van der Waals surface area contributed by atoms with Gasteiger partial charge in [-0.25, -0.2) is 4.79 Å². The largest absolute Gasteiger partial charge is 0.478 e. The van der Waals surface area contributed by atoms with Crippen molar-refractivity contribution in [2.24, 2.45) is 0 Å². The fraction of sp³-hybridized carbons (Fsp3) is 0.0909. The smallest absolute Gasteiger partial charge is 0.416 e. The molecule has 0 saturated carbocycles. The van der Waals surface area contributed by atoms with Gasteiger partial charge in [0.1, 0.15) is 0 Å². The summed E-state index contributed by atoms with van der Waals surface area (Å²) in [5, 5.41) is 10.3. The first-order valence-electron chi connectivity index (χ1n) is 4.79. The Morgan fingerprint density at radius 3 is 2.42 bits per heavy atom. The number of aliphatic carboxylic acids is 1. The van der Waals surface area contributed by atoms with Crippen molar-refractivity contribution in [3.05, 3.63) is 40.9 Å². The number of nitrogens with one attached hydrogen (secondary N) is 1. The molecule has 0 spiro atoms. The van der Waals surface area contributed by atoms with Crippen LogP contribution >= 0.6 is 11.6 Å². The molecule has 1 aromatic carbocycles. The molecule has 1 aromatic rings. The van der Waals surface area contributed by atoms with Gasteiger partial charge in [0.25, 0.3) is 0 Å². The first-order valence-corrected chi connectivity index (χ1v) is 5.16. The molecule has 0 radical (unpaired) electrons. The number of carbonyl (C=O) groups excluding carboxylic acids is 1. The van der Waals surface area contributed by atoms with Gasteiger partial charge in [-0.1, -0.05) is 11.6 Å². The maximum absolute atomic E-state index is 12.4. The maximum atomic E-state index is 12.4. The van der Waals surface area contributed by atoms with E-state index in [1.165, 1.54) is 0 Å². The Kier molecular flexibility index (Phi) is 4.55. The minimum Gasteiger partial charge on any atom is -0.478 e. The van der Waals surface area contributed by atoms with Gasteiger partial charge in [0, 0.05) is 12.2 Å². The van der Waals surface area contributed by atoms with E-state index in [9.17, 15) is 22.8 Å². The van der Waals surface area contributed by atoms with Gasteiger partial charge in [0.15, 0.2) is 0 Å². The third-order valence-electron chi connectivity index (χ3n) is 1.93. The molecule has 0 aliphatic heterocycles. The molecular weight excluding hydrogens is 287 g/mol. The monoisotopic (exact) mass is 293 g/mol. The van der Waals surface area contributed by atoms with E-state index in [1.807, 2.05) is 0 Å². The van der Waals surface area contributed by atoms with Crippen LogP contribution in [0.1, 0.15) is 5.56 Å². The summed E-state index contributed by atoms with van der Waals surface area (Å²) in [5.74, 6) is -2.26. The zero-order chi connectivity index (χ0) is 14.6.